The molecule has 2 aromatic carbocycles. The summed E-state index contributed by atoms with van der Waals surface area (Å²) in [7, 11) is -2.29. The summed E-state index contributed by atoms with van der Waals surface area (Å²) in [6.45, 7) is 3.10. The molecule has 12 heteroatoms. The highest BCUT2D eigenvalue weighted by Gasteiger charge is 2.35. The van der Waals surface area contributed by atoms with Crippen molar-refractivity contribution < 1.29 is 36.3 Å². The average molecular weight is 574 g/mol. The number of furan rings is 1. The Balaban J connectivity index is 1.53. The molecule has 0 unspecified atom stereocenters. The van der Waals surface area contributed by atoms with Gasteiger partial charge in [-0.15, -0.1) is 0 Å². The van der Waals surface area contributed by atoms with Crippen molar-refractivity contribution in [2.24, 2.45) is 5.92 Å². The molecule has 2 N–H and O–H groups in total. The fourth-order valence-corrected chi connectivity index (χ4v) is 6.24. The number of benzene rings is 2. The molecule has 214 valence electrons. The van der Waals surface area contributed by atoms with E-state index in [1.165, 1.54) is 35.6 Å². The van der Waals surface area contributed by atoms with Crippen molar-refractivity contribution in [3.63, 3.8) is 0 Å². The molecule has 3 heterocycles. The number of hydrogen-bond acceptors (Lipinski definition) is 8. The van der Waals surface area contributed by atoms with Crippen molar-refractivity contribution >= 4 is 38.6 Å². The number of fused-ring (bicyclic) bond motifs is 2. The van der Waals surface area contributed by atoms with E-state index in [4.69, 9.17) is 13.9 Å². The Morgan fingerprint density at radius 2 is 1.88 bits per heavy atom. The van der Waals surface area contributed by atoms with E-state index < -0.39 is 34.0 Å². The third kappa shape index (κ3) is 5.56. The third-order valence-corrected chi connectivity index (χ3v) is 8.50. The Morgan fingerprint density at radius 3 is 2.52 bits per heavy atom. The summed E-state index contributed by atoms with van der Waals surface area (Å²) >= 11 is 0. The third-order valence-electron chi connectivity index (χ3n) is 7.35. The molecule has 0 bridgehead atoms. The molecular formula is C28H32FN3O7S. The molecule has 1 fully saturated rings. The van der Waals surface area contributed by atoms with Crippen molar-refractivity contribution in [3.05, 3.63) is 53.3 Å². The van der Waals surface area contributed by atoms with Gasteiger partial charge in [0.1, 0.15) is 29.9 Å². The molecule has 1 aromatic heterocycles. The van der Waals surface area contributed by atoms with Crippen LogP contribution in [0.3, 0.4) is 0 Å². The van der Waals surface area contributed by atoms with Gasteiger partial charge < -0.3 is 24.5 Å². The van der Waals surface area contributed by atoms with Gasteiger partial charge in [-0.3, -0.25) is 13.9 Å². The number of anilines is 1. The molecule has 0 radical (unpaired) electrons. The lowest BCUT2D eigenvalue weighted by atomic mass is 9.99. The highest BCUT2D eigenvalue weighted by Crippen LogP contribution is 2.42. The minimum Gasteiger partial charge on any atom is -0.463 e. The molecule has 1 amide bonds. The molecule has 2 aliphatic heterocycles. The first kappa shape index (κ1) is 28.1. The maximum Gasteiger partial charge on any atom is 0.309 e. The van der Waals surface area contributed by atoms with Gasteiger partial charge in [-0.05, 0) is 63.2 Å². The number of halogens is 1. The molecule has 0 aliphatic carbocycles. The zero-order chi connectivity index (χ0) is 28.6. The summed E-state index contributed by atoms with van der Waals surface area (Å²) in [4.78, 5) is 25.6. The molecule has 1 saturated heterocycles. The number of ether oxygens (including phenoxy) is 2. The summed E-state index contributed by atoms with van der Waals surface area (Å²) in [5, 5.41) is 6.28. The normalized spacial score (nSPS) is 20.1. The zero-order valence-corrected chi connectivity index (χ0v) is 23.3. The van der Waals surface area contributed by atoms with Crippen LogP contribution in [0.4, 0.5) is 10.1 Å². The largest absolute Gasteiger partial charge is 0.463 e. The first-order valence-corrected chi connectivity index (χ1v) is 15.0. The minimum absolute atomic E-state index is 0.0744. The number of hydrogen-bond donors (Lipinski definition) is 2. The lowest BCUT2D eigenvalue weighted by Crippen LogP contribution is -2.40. The molecule has 5 rings (SSSR count). The smallest absolute Gasteiger partial charge is 0.309 e. The van der Waals surface area contributed by atoms with Crippen molar-refractivity contribution in [3.8, 4) is 11.3 Å². The predicted octanol–water partition coefficient (Wildman–Crippen LogP) is 3.37. The average Bonchev–Trinajstić information content (AvgIpc) is 3.24. The topological polar surface area (TPSA) is 127 Å². The molecule has 0 spiro atoms. The maximum atomic E-state index is 13.6. The van der Waals surface area contributed by atoms with Crippen molar-refractivity contribution in [1.82, 2.24) is 10.6 Å². The van der Waals surface area contributed by atoms with Gasteiger partial charge in [0.05, 0.1) is 36.1 Å². The van der Waals surface area contributed by atoms with Gasteiger partial charge in [0.2, 0.25) is 10.0 Å². The Morgan fingerprint density at radius 1 is 1.18 bits per heavy atom. The first-order chi connectivity index (χ1) is 19.1. The summed E-state index contributed by atoms with van der Waals surface area (Å²) in [6, 6.07) is 8.82. The lowest BCUT2D eigenvalue weighted by Gasteiger charge is -2.26. The number of rotatable bonds is 6. The Kier molecular flexibility index (Phi) is 7.85. The van der Waals surface area contributed by atoms with Crippen LogP contribution >= 0.6 is 0 Å². The second-order valence-corrected chi connectivity index (χ2v) is 12.1. The number of esters is 1. The van der Waals surface area contributed by atoms with E-state index in [9.17, 15) is 22.4 Å². The Hall–Kier alpha value is -3.48. The number of nitrogens with one attached hydrogen (secondary N) is 2. The lowest BCUT2D eigenvalue weighted by molar-refractivity contribution is -0.154. The van der Waals surface area contributed by atoms with Gasteiger partial charge in [-0.1, -0.05) is 0 Å². The van der Waals surface area contributed by atoms with Crippen LogP contribution in [0.2, 0.25) is 0 Å². The molecule has 40 heavy (non-hydrogen) atoms. The van der Waals surface area contributed by atoms with E-state index in [2.05, 4.69) is 10.6 Å². The highest BCUT2D eigenvalue weighted by atomic mass is 32.2. The Labute approximate surface area is 231 Å². The number of carbonyl (C=O) groups is 2. The van der Waals surface area contributed by atoms with Crippen LogP contribution in [-0.4, -0.2) is 65.9 Å². The molecule has 0 saturated carbocycles. The van der Waals surface area contributed by atoms with E-state index in [0.29, 0.717) is 35.0 Å². The van der Waals surface area contributed by atoms with Crippen molar-refractivity contribution in [2.45, 2.75) is 32.0 Å². The second kappa shape index (κ2) is 11.2. The van der Waals surface area contributed by atoms with Crippen molar-refractivity contribution in [1.29, 1.82) is 0 Å². The van der Waals surface area contributed by atoms with Gasteiger partial charge >= 0.3 is 5.97 Å². The maximum absolute atomic E-state index is 13.6. The quantitative estimate of drug-likeness (QED) is 0.430. The van der Waals surface area contributed by atoms with Gasteiger partial charge in [0.15, 0.2) is 0 Å². The summed E-state index contributed by atoms with van der Waals surface area (Å²) in [6.07, 6.45) is 1.15. The van der Waals surface area contributed by atoms with Gasteiger partial charge in [0, 0.05) is 29.6 Å². The number of nitrogens with zero attached hydrogens (tertiary/aromatic N) is 1. The van der Waals surface area contributed by atoms with E-state index >= 15 is 0 Å². The number of piperidine rings is 1. The Bertz CT molecular complexity index is 1530. The SMILES string of the molecule is CNC(=O)c1c(-c2ccc(F)cc2)oc2cc3c(cc12)[C@H](C)O[C@H](COC(=O)C1CCNCC1)CN3S(C)(=O)=O. The number of amides is 1. The van der Waals surface area contributed by atoms with Crippen LogP contribution in [0, 0.1) is 11.7 Å². The fourth-order valence-electron chi connectivity index (χ4n) is 5.29. The summed E-state index contributed by atoms with van der Waals surface area (Å²) in [5.41, 5.74) is 1.89. The standard InChI is InChI=1S/C28H32FN3O7S/c1-16-21-12-22-24(39-26(25(22)27(33)30-2)17-4-6-19(29)7-5-17)13-23(21)32(40(3,35)36)14-20(38-16)15-37-28(34)18-8-10-31-11-9-18/h4-7,12-13,16,18,20,31H,8-11,14-15H2,1-3H3,(H,30,33)/t16-,20-/m0/s1. The molecule has 2 atom stereocenters. The first-order valence-electron chi connectivity index (χ1n) is 13.2. The van der Waals surface area contributed by atoms with Crippen LogP contribution in [0.15, 0.2) is 40.8 Å². The molecular weight excluding hydrogens is 541 g/mol. The van der Waals surface area contributed by atoms with Gasteiger partial charge in [0.25, 0.3) is 5.91 Å². The predicted molar refractivity (Wildman–Crippen MR) is 147 cm³/mol. The minimum atomic E-state index is -3.79. The van der Waals surface area contributed by atoms with E-state index in [-0.39, 0.29) is 41.9 Å². The molecule has 3 aromatic rings. The van der Waals surface area contributed by atoms with E-state index in [0.717, 1.165) is 19.3 Å². The van der Waals surface area contributed by atoms with Crippen LogP contribution in [-0.2, 0) is 24.3 Å². The monoisotopic (exact) mass is 573 g/mol. The van der Waals surface area contributed by atoms with E-state index in [1.54, 1.807) is 19.1 Å². The highest BCUT2D eigenvalue weighted by molar-refractivity contribution is 7.92. The van der Waals surface area contributed by atoms with E-state index in [1.807, 2.05) is 0 Å². The van der Waals surface area contributed by atoms with Crippen LogP contribution in [0.5, 0.6) is 0 Å². The van der Waals surface area contributed by atoms with Gasteiger partial charge in [-0.2, -0.15) is 0 Å². The fraction of sp³-hybridized carbons (Fsp3) is 0.429. The van der Waals surface area contributed by atoms with Gasteiger partial charge in [-0.25, -0.2) is 12.8 Å². The summed E-state index contributed by atoms with van der Waals surface area (Å²) in [5.74, 6) is -1.12. The zero-order valence-electron chi connectivity index (χ0n) is 22.5. The number of sulfonamides is 1. The van der Waals surface area contributed by atoms with Crippen LogP contribution in [0.1, 0.15) is 41.8 Å². The van der Waals surface area contributed by atoms with Crippen molar-refractivity contribution in [2.75, 3.05) is 43.8 Å². The summed E-state index contributed by atoms with van der Waals surface area (Å²) < 4.78 is 58.7. The molecule has 10 nitrogen and oxygen atoms in total. The second-order valence-electron chi connectivity index (χ2n) is 10.1. The van der Waals surface area contributed by atoms with Crippen LogP contribution in [0.25, 0.3) is 22.3 Å². The van der Waals surface area contributed by atoms with Crippen LogP contribution < -0.4 is 14.9 Å². The molecule has 2 aliphatic rings. The number of carbonyl (C=O) groups excluding carboxylic acids is 2.